The molecule has 0 aliphatic carbocycles. The van der Waals surface area contributed by atoms with E-state index in [0.717, 1.165) is 25.1 Å². The van der Waals surface area contributed by atoms with Gasteiger partial charge < -0.3 is 0 Å². The number of alkyl halides is 3. The minimum absolute atomic E-state index is 0.245. The highest BCUT2D eigenvalue weighted by Gasteiger charge is 2.37. The standard InChI is InChI=1S/C17H16F3N3O4S/c1-11(15(24)21-22-16(25)12-7-3-2-4-8-12)23-28(26,27)14-10-6-5-9-13(14)17(18,19)20/h2-11,23H,1H3,(H,21,24)(H,22,25). The lowest BCUT2D eigenvalue weighted by atomic mass is 10.2. The van der Waals surface area contributed by atoms with Crippen LogP contribution in [0.25, 0.3) is 0 Å². The Labute approximate surface area is 159 Å². The first-order chi connectivity index (χ1) is 13.0. The zero-order chi connectivity index (χ0) is 20.9. The minimum Gasteiger partial charge on any atom is -0.271 e. The van der Waals surface area contributed by atoms with Gasteiger partial charge in [0.2, 0.25) is 10.0 Å². The van der Waals surface area contributed by atoms with Gasteiger partial charge in [-0.1, -0.05) is 30.3 Å². The molecule has 0 fully saturated rings. The normalized spacial score (nSPS) is 12.9. The largest absolute Gasteiger partial charge is 0.417 e. The van der Waals surface area contributed by atoms with Crippen LogP contribution in [-0.2, 0) is 21.0 Å². The third-order valence-electron chi connectivity index (χ3n) is 3.54. The summed E-state index contributed by atoms with van der Waals surface area (Å²) in [5.74, 6) is -1.61. The lowest BCUT2D eigenvalue weighted by Gasteiger charge is -2.17. The van der Waals surface area contributed by atoms with Crippen molar-refractivity contribution in [2.75, 3.05) is 0 Å². The van der Waals surface area contributed by atoms with Gasteiger partial charge in [-0.05, 0) is 31.2 Å². The number of halogens is 3. The minimum atomic E-state index is -4.89. The summed E-state index contributed by atoms with van der Waals surface area (Å²) in [7, 11) is -4.65. The molecule has 0 radical (unpaired) electrons. The molecule has 1 unspecified atom stereocenters. The number of rotatable bonds is 5. The first-order valence-corrected chi connectivity index (χ1v) is 9.34. The molecule has 2 aromatic rings. The van der Waals surface area contributed by atoms with Gasteiger partial charge in [-0.2, -0.15) is 17.9 Å². The number of hydrogen-bond donors (Lipinski definition) is 3. The molecule has 11 heteroatoms. The maximum atomic E-state index is 13.0. The predicted octanol–water partition coefficient (Wildman–Crippen LogP) is 1.83. The van der Waals surface area contributed by atoms with Crippen LogP contribution in [0, 0.1) is 0 Å². The van der Waals surface area contributed by atoms with Gasteiger partial charge in [0, 0.05) is 5.56 Å². The number of nitrogens with one attached hydrogen (secondary N) is 3. The van der Waals surface area contributed by atoms with E-state index < -0.39 is 44.5 Å². The lowest BCUT2D eigenvalue weighted by Crippen LogP contribution is -2.51. The smallest absolute Gasteiger partial charge is 0.271 e. The third kappa shape index (κ3) is 5.30. The van der Waals surface area contributed by atoms with Crippen molar-refractivity contribution < 1.29 is 31.2 Å². The highest BCUT2D eigenvalue weighted by atomic mass is 32.2. The summed E-state index contributed by atoms with van der Waals surface area (Å²) in [6, 6.07) is 10.0. The molecule has 2 aromatic carbocycles. The maximum absolute atomic E-state index is 13.0. The molecule has 0 heterocycles. The van der Waals surface area contributed by atoms with E-state index in [4.69, 9.17) is 0 Å². The second-order valence-electron chi connectivity index (χ2n) is 5.65. The van der Waals surface area contributed by atoms with Crippen LogP contribution >= 0.6 is 0 Å². The Morgan fingerprint density at radius 1 is 0.929 bits per heavy atom. The number of sulfonamides is 1. The molecule has 2 rings (SSSR count). The molecule has 150 valence electrons. The van der Waals surface area contributed by atoms with Crippen LogP contribution in [0.1, 0.15) is 22.8 Å². The number of hydrogen-bond acceptors (Lipinski definition) is 4. The average Bonchev–Trinajstić information content (AvgIpc) is 2.65. The Balaban J connectivity index is 2.06. The van der Waals surface area contributed by atoms with Gasteiger partial charge in [-0.15, -0.1) is 0 Å². The molecule has 0 aromatic heterocycles. The topological polar surface area (TPSA) is 104 Å². The summed E-state index contributed by atoms with van der Waals surface area (Å²) in [4.78, 5) is 22.8. The molecule has 1 atom stereocenters. The van der Waals surface area contributed by atoms with Gasteiger partial charge >= 0.3 is 6.18 Å². The molecule has 3 N–H and O–H groups in total. The Hall–Kier alpha value is -2.92. The first-order valence-electron chi connectivity index (χ1n) is 7.86. The van der Waals surface area contributed by atoms with Gasteiger partial charge in [0.15, 0.2) is 0 Å². The summed E-state index contributed by atoms with van der Waals surface area (Å²) >= 11 is 0. The molecular formula is C17H16F3N3O4S. The maximum Gasteiger partial charge on any atom is 0.417 e. The molecule has 2 amide bonds. The molecule has 0 spiro atoms. The fourth-order valence-corrected chi connectivity index (χ4v) is 3.60. The second kappa shape index (κ2) is 8.40. The van der Waals surface area contributed by atoms with Gasteiger partial charge in [0.05, 0.1) is 16.5 Å². The number of benzene rings is 2. The van der Waals surface area contributed by atoms with Crippen molar-refractivity contribution in [3.63, 3.8) is 0 Å². The third-order valence-corrected chi connectivity index (χ3v) is 5.14. The van der Waals surface area contributed by atoms with E-state index in [1.54, 1.807) is 18.2 Å². The van der Waals surface area contributed by atoms with Gasteiger partial charge in [-0.3, -0.25) is 20.4 Å². The Morgan fingerprint density at radius 2 is 1.50 bits per heavy atom. The zero-order valence-electron chi connectivity index (χ0n) is 14.4. The van der Waals surface area contributed by atoms with Crippen LogP contribution < -0.4 is 15.6 Å². The van der Waals surface area contributed by atoms with E-state index in [1.165, 1.54) is 12.1 Å². The number of amides is 2. The molecule has 0 aliphatic rings. The molecular weight excluding hydrogens is 399 g/mol. The zero-order valence-corrected chi connectivity index (χ0v) is 15.3. The molecule has 28 heavy (non-hydrogen) atoms. The van der Waals surface area contributed by atoms with E-state index in [-0.39, 0.29) is 5.56 Å². The SMILES string of the molecule is CC(NS(=O)(=O)c1ccccc1C(F)(F)F)C(=O)NNC(=O)c1ccccc1. The van der Waals surface area contributed by atoms with E-state index >= 15 is 0 Å². The molecule has 0 aliphatic heterocycles. The predicted molar refractivity (Wildman–Crippen MR) is 93.3 cm³/mol. The van der Waals surface area contributed by atoms with Crippen molar-refractivity contribution in [1.82, 2.24) is 15.6 Å². The van der Waals surface area contributed by atoms with Gasteiger partial charge in [-0.25, -0.2) is 8.42 Å². The molecule has 0 saturated carbocycles. The van der Waals surface area contributed by atoms with Crippen LogP contribution in [0.3, 0.4) is 0 Å². The summed E-state index contributed by atoms with van der Waals surface area (Å²) in [6.07, 6.45) is -4.89. The Bertz CT molecular complexity index is 963. The van der Waals surface area contributed by atoms with Crippen molar-refractivity contribution >= 4 is 21.8 Å². The van der Waals surface area contributed by atoms with Crippen LogP contribution in [0.15, 0.2) is 59.5 Å². The molecule has 0 bridgehead atoms. The summed E-state index contributed by atoms with van der Waals surface area (Å²) in [5, 5.41) is 0. The average molecular weight is 415 g/mol. The Kier molecular flexibility index (Phi) is 6.41. The number of carbonyl (C=O) groups is 2. The summed E-state index contributed by atoms with van der Waals surface area (Å²) in [6.45, 7) is 1.12. The van der Waals surface area contributed by atoms with E-state index in [1.807, 2.05) is 10.1 Å². The first kappa shape index (κ1) is 21.4. The Morgan fingerprint density at radius 3 is 2.11 bits per heavy atom. The molecule has 7 nitrogen and oxygen atoms in total. The quantitative estimate of drug-likeness (QED) is 0.648. The highest BCUT2D eigenvalue weighted by molar-refractivity contribution is 7.89. The van der Waals surface area contributed by atoms with Crippen LogP contribution in [0.2, 0.25) is 0 Å². The monoisotopic (exact) mass is 415 g/mol. The van der Waals surface area contributed by atoms with Crippen LogP contribution in [0.5, 0.6) is 0 Å². The molecule has 0 saturated heterocycles. The highest BCUT2D eigenvalue weighted by Crippen LogP contribution is 2.33. The van der Waals surface area contributed by atoms with Crippen LogP contribution in [-0.4, -0.2) is 26.3 Å². The summed E-state index contributed by atoms with van der Waals surface area (Å²) < 4.78 is 65.5. The second-order valence-corrected chi connectivity index (χ2v) is 7.33. The van der Waals surface area contributed by atoms with Gasteiger partial charge in [0.1, 0.15) is 0 Å². The fourth-order valence-electron chi connectivity index (χ4n) is 2.17. The fraction of sp³-hybridized carbons (Fsp3) is 0.176. The number of carbonyl (C=O) groups excluding carboxylic acids is 2. The van der Waals surface area contributed by atoms with Crippen molar-refractivity contribution in [3.05, 3.63) is 65.7 Å². The summed E-state index contributed by atoms with van der Waals surface area (Å²) in [5.41, 5.74) is 2.99. The lowest BCUT2D eigenvalue weighted by molar-refractivity contribution is -0.139. The van der Waals surface area contributed by atoms with Crippen molar-refractivity contribution in [3.8, 4) is 0 Å². The van der Waals surface area contributed by atoms with Gasteiger partial charge in [0.25, 0.3) is 11.8 Å². The van der Waals surface area contributed by atoms with E-state index in [0.29, 0.717) is 6.07 Å². The van der Waals surface area contributed by atoms with Crippen molar-refractivity contribution in [2.45, 2.75) is 24.0 Å². The van der Waals surface area contributed by atoms with E-state index in [2.05, 4.69) is 5.43 Å². The van der Waals surface area contributed by atoms with Crippen LogP contribution in [0.4, 0.5) is 13.2 Å². The number of hydrazine groups is 1. The van der Waals surface area contributed by atoms with E-state index in [9.17, 15) is 31.2 Å². The van der Waals surface area contributed by atoms with Crippen molar-refractivity contribution in [2.24, 2.45) is 0 Å². The van der Waals surface area contributed by atoms with Crippen molar-refractivity contribution in [1.29, 1.82) is 0 Å².